The van der Waals surface area contributed by atoms with Gasteiger partial charge in [-0.05, 0) is 94.9 Å². The number of hydrogen-bond acceptors (Lipinski definition) is 6. The summed E-state index contributed by atoms with van der Waals surface area (Å²) in [5.74, 6) is 0.923. The monoisotopic (exact) mass is 599 g/mol. The highest BCUT2D eigenvalue weighted by Gasteiger charge is 2.40. The van der Waals surface area contributed by atoms with Gasteiger partial charge in [0.2, 0.25) is 5.91 Å². The zero-order valence-corrected chi connectivity index (χ0v) is 25.9. The minimum absolute atomic E-state index is 0.0580. The number of rotatable bonds is 10. The average molecular weight is 600 g/mol. The van der Waals surface area contributed by atoms with Crippen molar-refractivity contribution < 1.29 is 18.9 Å². The second-order valence-corrected chi connectivity index (χ2v) is 12.5. The molecular formula is C35H45N5O4. The van der Waals surface area contributed by atoms with E-state index >= 15 is 0 Å². The van der Waals surface area contributed by atoms with Gasteiger partial charge in [-0.2, -0.15) is 0 Å². The van der Waals surface area contributed by atoms with E-state index in [1.165, 1.54) is 0 Å². The van der Waals surface area contributed by atoms with Gasteiger partial charge < -0.3 is 25.4 Å². The minimum atomic E-state index is -0.733. The number of piperidine rings is 1. The van der Waals surface area contributed by atoms with E-state index in [1.54, 1.807) is 17.9 Å². The Hall–Kier alpha value is -3.98. The Morgan fingerprint density at radius 3 is 2.41 bits per heavy atom. The molecule has 1 aliphatic carbocycles. The molecule has 0 radical (unpaired) electrons. The molecule has 1 saturated carbocycles. The molecule has 44 heavy (non-hydrogen) atoms. The van der Waals surface area contributed by atoms with Gasteiger partial charge in [-0.25, -0.2) is 0 Å². The van der Waals surface area contributed by atoms with Gasteiger partial charge in [-0.15, -0.1) is 0 Å². The van der Waals surface area contributed by atoms with Crippen molar-refractivity contribution in [3.05, 3.63) is 88.8 Å². The zero-order chi connectivity index (χ0) is 31.1. The number of carbonyl (C=O) groups is 3. The molecule has 9 heteroatoms. The summed E-state index contributed by atoms with van der Waals surface area (Å²) in [5.41, 5.74) is 8.85. The first-order valence-corrected chi connectivity index (χ1v) is 16.0. The zero-order valence-electron chi connectivity index (χ0n) is 25.9. The second kappa shape index (κ2) is 14.7. The van der Waals surface area contributed by atoms with Crippen molar-refractivity contribution in [2.45, 2.75) is 70.9 Å². The van der Waals surface area contributed by atoms with Gasteiger partial charge in [0.05, 0.1) is 0 Å². The van der Waals surface area contributed by atoms with Crippen LogP contribution in [0.25, 0.3) is 0 Å². The lowest BCUT2D eigenvalue weighted by Gasteiger charge is -2.43. The van der Waals surface area contributed by atoms with Crippen molar-refractivity contribution in [2.24, 2.45) is 17.6 Å². The molecule has 2 fully saturated rings. The van der Waals surface area contributed by atoms with Crippen molar-refractivity contribution in [2.75, 3.05) is 26.2 Å². The van der Waals surface area contributed by atoms with Gasteiger partial charge in [0.1, 0.15) is 11.8 Å². The molecule has 5 rings (SSSR count). The van der Waals surface area contributed by atoms with Crippen LogP contribution in [0.15, 0.2) is 65.2 Å². The summed E-state index contributed by atoms with van der Waals surface area (Å²) in [6, 6.07) is 18.4. The fourth-order valence-corrected chi connectivity index (χ4v) is 6.66. The van der Waals surface area contributed by atoms with Gasteiger partial charge in [0.25, 0.3) is 11.8 Å². The number of amides is 3. The Balaban J connectivity index is 1.36. The van der Waals surface area contributed by atoms with Crippen molar-refractivity contribution in [3.63, 3.8) is 0 Å². The topological polar surface area (TPSA) is 122 Å². The van der Waals surface area contributed by atoms with E-state index in [4.69, 9.17) is 10.3 Å². The number of aryl methyl sites for hydroxylation is 2. The molecule has 1 unspecified atom stereocenters. The predicted molar refractivity (Wildman–Crippen MR) is 169 cm³/mol. The Morgan fingerprint density at radius 2 is 1.73 bits per heavy atom. The molecule has 1 saturated heterocycles. The van der Waals surface area contributed by atoms with Gasteiger partial charge in [0.15, 0.2) is 5.69 Å². The van der Waals surface area contributed by atoms with Crippen molar-refractivity contribution in [1.82, 2.24) is 20.3 Å². The van der Waals surface area contributed by atoms with Gasteiger partial charge in [-0.3, -0.25) is 14.4 Å². The summed E-state index contributed by atoms with van der Waals surface area (Å²) < 4.78 is 5.18. The predicted octanol–water partition coefficient (Wildman–Crippen LogP) is 4.53. The smallest absolute Gasteiger partial charge is 0.276 e. The number of nitrogens with one attached hydrogen (secondary N) is 1. The highest BCUT2D eigenvalue weighted by Crippen LogP contribution is 2.29. The van der Waals surface area contributed by atoms with Crippen LogP contribution in [0.4, 0.5) is 0 Å². The molecular weight excluding hydrogens is 554 g/mol. The molecule has 3 aromatic rings. The summed E-state index contributed by atoms with van der Waals surface area (Å²) in [6.07, 6.45) is 5.83. The fraction of sp³-hybridized carbons (Fsp3) is 0.486. The molecule has 1 aromatic heterocycles. The average Bonchev–Trinajstić information content (AvgIpc) is 3.50. The maximum atomic E-state index is 14.0. The van der Waals surface area contributed by atoms with Crippen LogP contribution < -0.4 is 11.1 Å². The molecule has 2 aliphatic rings. The van der Waals surface area contributed by atoms with E-state index in [2.05, 4.69) is 22.6 Å². The number of benzene rings is 2. The summed E-state index contributed by atoms with van der Waals surface area (Å²) in [7, 11) is 0. The van der Waals surface area contributed by atoms with Crippen LogP contribution >= 0.6 is 0 Å². The molecule has 3 N–H and O–H groups in total. The van der Waals surface area contributed by atoms with E-state index in [0.29, 0.717) is 68.6 Å². The Labute approximate surface area is 260 Å². The first-order valence-electron chi connectivity index (χ1n) is 16.0. The van der Waals surface area contributed by atoms with Crippen LogP contribution in [0, 0.1) is 25.7 Å². The van der Waals surface area contributed by atoms with Crippen LogP contribution in [0.2, 0.25) is 0 Å². The molecule has 1 aliphatic heterocycles. The largest absolute Gasteiger partial charge is 0.361 e. The molecule has 0 spiro atoms. The first-order chi connectivity index (χ1) is 21.3. The standard InChI is InChI=1S/C35H45N5O4/c1-24-7-6-10-29(19-24)34(42)39(17-15-26-8-4-3-5-9-26)30-16-18-40(35(43)31-20-25(2)44-38-31)32(21-30)33(41)37-23-28-13-11-27(22-36)12-14-28/h3-10,19-20,27-28,30,32H,11-18,21-23,36H2,1-2H3,(H,37,41)/t27?,28?,30?,32-/m1/s1. The van der Waals surface area contributed by atoms with Crippen LogP contribution in [0.1, 0.15) is 76.3 Å². The maximum Gasteiger partial charge on any atom is 0.276 e. The highest BCUT2D eigenvalue weighted by atomic mass is 16.5. The molecule has 234 valence electrons. The SMILES string of the molecule is Cc1cccc(C(=O)N(CCc2ccccc2)C2CCN(C(=O)c3cc(C)on3)[C@@H](C(=O)NCC3CCC(CN)CC3)C2)c1. The molecule has 0 bridgehead atoms. The summed E-state index contributed by atoms with van der Waals surface area (Å²) in [6.45, 7) is 5.84. The lowest BCUT2D eigenvalue weighted by Crippen LogP contribution is -2.58. The lowest BCUT2D eigenvalue weighted by atomic mass is 9.82. The molecule has 2 aromatic carbocycles. The molecule has 9 nitrogen and oxygen atoms in total. The Bertz CT molecular complexity index is 1420. The van der Waals surface area contributed by atoms with E-state index in [-0.39, 0.29) is 29.5 Å². The van der Waals surface area contributed by atoms with Crippen molar-refractivity contribution in [3.8, 4) is 0 Å². The first kappa shape index (κ1) is 31.4. The quantitative estimate of drug-likeness (QED) is 0.353. The molecule has 2 heterocycles. The third-order valence-electron chi connectivity index (χ3n) is 9.30. The lowest BCUT2D eigenvalue weighted by molar-refractivity contribution is -0.127. The number of nitrogens with two attached hydrogens (primary N) is 1. The van der Waals surface area contributed by atoms with Crippen LogP contribution in [-0.4, -0.2) is 70.9 Å². The summed E-state index contributed by atoms with van der Waals surface area (Å²) in [5, 5.41) is 7.11. The van der Waals surface area contributed by atoms with Gasteiger partial charge >= 0.3 is 0 Å². The third-order valence-corrected chi connectivity index (χ3v) is 9.30. The van der Waals surface area contributed by atoms with Crippen LogP contribution in [-0.2, 0) is 11.2 Å². The second-order valence-electron chi connectivity index (χ2n) is 12.5. The number of likely N-dealkylation sites (tertiary alicyclic amines) is 1. The van der Waals surface area contributed by atoms with Crippen molar-refractivity contribution in [1.29, 1.82) is 0 Å². The molecule has 2 atom stereocenters. The maximum absolute atomic E-state index is 14.0. The fourth-order valence-electron chi connectivity index (χ4n) is 6.66. The number of hydrogen-bond donors (Lipinski definition) is 2. The Morgan fingerprint density at radius 1 is 0.977 bits per heavy atom. The van der Waals surface area contributed by atoms with E-state index in [1.807, 2.05) is 54.3 Å². The number of carbonyl (C=O) groups excluding carboxylic acids is 3. The third kappa shape index (κ3) is 7.75. The normalized spacial score (nSPS) is 21.9. The van der Waals surface area contributed by atoms with Crippen LogP contribution in [0.5, 0.6) is 0 Å². The van der Waals surface area contributed by atoms with E-state index < -0.39 is 6.04 Å². The van der Waals surface area contributed by atoms with E-state index in [0.717, 1.165) is 36.8 Å². The highest BCUT2D eigenvalue weighted by molar-refractivity contribution is 5.97. The molecule has 3 amide bonds. The summed E-state index contributed by atoms with van der Waals surface area (Å²) >= 11 is 0. The van der Waals surface area contributed by atoms with Crippen molar-refractivity contribution >= 4 is 17.7 Å². The Kier molecular flexibility index (Phi) is 10.5. The summed E-state index contributed by atoms with van der Waals surface area (Å²) in [4.78, 5) is 45.0. The number of aromatic nitrogens is 1. The van der Waals surface area contributed by atoms with E-state index in [9.17, 15) is 14.4 Å². The number of nitrogens with zero attached hydrogens (tertiary/aromatic N) is 3. The minimum Gasteiger partial charge on any atom is -0.361 e. The van der Waals surface area contributed by atoms with Gasteiger partial charge in [-0.1, -0.05) is 53.2 Å². The van der Waals surface area contributed by atoms with Gasteiger partial charge in [0, 0.05) is 37.3 Å². The van der Waals surface area contributed by atoms with Crippen LogP contribution in [0.3, 0.4) is 0 Å².